The van der Waals surface area contributed by atoms with Gasteiger partial charge in [0.2, 0.25) is 0 Å². The van der Waals surface area contributed by atoms with Gasteiger partial charge in [-0.2, -0.15) is 0 Å². The maximum atomic E-state index is 6.23. The van der Waals surface area contributed by atoms with Gasteiger partial charge in [-0.1, -0.05) is 165 Å². The summed E-state index contributed by atoms with van der Waals surface area (Å²) in [6.45, 7) is 11.5. The van der Waals surface area contributed by atoms with Gasteiger partial charge in [-0.3, -0.25) is 0 Å². The molecule has 0 spiro atoms. The molecule has 0 bridgehead atoms. The van der Waals surface area contributed by atoms with Crippen molar-refractivity contribution in [3.05, 3.63) is 129 Å². The fraction of sp³-hybridized carbons (Fsp3) is 0.538. The minimum atomic E-state index is 0.0561. The van der Waals surface area contributed by atoms with Gasteiger partial charge in [0, 0.05) is 28.6 Å². The number of aryl methyl sites for hydroxylation is 2. The molecule has 4 N–H and O–H groups in total. The lowest BCUT2D eigenvalue weighted by atomic mass is 9.62. The zero-order valence-corrected chi connectivity index (χ0v) is 34.9. The highest BCUT2D eigenvalue weighted by atomic mass is 14.5. The fourth-order valence-electron chi connectivity index (χ4n) is 9.83. The molecule has 0 radical (unpaired) electrons. The predicted molar refractivity (Wildman–Crippen MR) is 237 cm³/mol. The first-order chi connectivity index (χ1) is 26.3. The standard InChI is InChI=1S/C52H74N2/c1-6-9-11-13-15-17-19-50(48-31-29-46(53)37-39(48)4)42-21-25-44(26-22-42)52(35-33-41(8-3)34-36-52)45-27-23-43(24-28-45)51(20-18-16-14-12-10-7-2)49-32-30-47(54)38-40(49)5/h21-32,37-38,41,50-51H,6-20,33-36,53-54H2,1-5H3. The molecular weight excluding hydrogens is 653 g/mol. The highest BCUT2D eigenvalue weighted by Gasteiger charge is 2.38. The molecule has 2 unspecified atom stereocenters. The molecule has 0 heterocycles. The summed E-state index contributed by atoms with van der Waals surface area (Å²) in [5.41, 5.74) is 25.6. The van der Waals surface area contributed by atoms with Gasteiger partial charge in [0.15, 0.2) is 0 Å². The van der Waals surface area contributed by atoms with E-state index in [1.165, 1.54) is 167 Å². The number of nitrogen functional groups attached to an aromatic ring is 2. The SMILES string of the molecule is CCCCCCCCC(c1ccc(C2(c3ccc(C(CCCCCCCC)c4ccc(N)cc4C)cc3)CCC(CC)CC2)cc1)c1ccc(N)cc1C. The molecule has 0 saturated heterocycles. The van der Waals surface area contributed by atoms with Gasteiger partial charge in [0.1, 0.15) is 0 Å². The molecule has 1 fully saturated rings. The van der Waals surface area contributed by atoms with Crippen LogP contribution in [-0.4, -0.2) is 0 Å². The van der Waals surface area contributed by atoms with Crippen molar-refractivity contribution in [1.29, 1.82) is 0 Å². The van der Waals surface area contributed by atoms with Crippen LogP contribution in [0.5, 0.6) is 0 Å². The Bertz CT molecular complexity index is 1560. The molecule has 1 aliphatic rings. The lowest BCUT2D eigenvalue weighted by Gasteiger charge is -2.41. The predicted octanol–water partition coefficient (Wildman–Crippen LogP) is 15.1. The molecule has 2 nitrogen and oxygen atoms in total. The minimum Gasteiger partial charge on any atom is -0.399 e. The Balaban J connectivity index is 1.43. The topological polar surface area (TPSA) is 52.0 Å². The van der Waals surface area contributed by atoms with Crippen molar-refractivity contribution < 1.29 is 0 Å². The normalized spacial score (nSPS) is 18.4. The van der Waals surface area contributed by atoms with Crippen LogP contribution in [0.25, 0.3) is 0 Å². The molecule has 4 aromatic rings. The molecule has 5 rings (SSSR count). The molecule has 0 aromatic heterocycles. The Labute approximate surface area is 330 Å². The Morgan fingerprint density at radius 1 is 0.519 bits per heavy atom. The van der Waals surface area contributed by atoms with Crippen molar-refractivity contribution in [3.63, 3.8) is 0 Å². The number of unbranched alkanes of at least 4 members (excludes halogenated alkanes) is 10. The lowest BCUT2D eigenvalue weighted by molar-refractivity contribution is 0.260. The zero-order valence-electron chi connectivity index (χ0n) is 34.9. The second-order valence-corrected chi connectivity index (χ2v) is 17.1. The van der Waals surface area contributed by atoms with E-state index >= 15 is 0 Å². The molecule has 1 saturated carbocycles. The van der Waals surface area contributed by atoms with Gasteiger partial charge < -0.3 is 11.5 Å². The van der Waals surface area contributed by atoms with Crippen LogP contribution < -0.4 is 11.5 Å². The van der Waals surface area contributed by atoms with Gasteiger partial charge in [-0.15, -0.1) is 0 Å². The Hall–Kier alpha value is -3.52. The van der Waals surface area contributed by atoms with Crippen molar-refractivity contribution >= 4 is 11.4 Å². The number of hydrogen-bond donors (Lipinski definition) is 2. The van der Waals surface area contributed by atoms with E-state index in [-0.39, 0.29) is 5.41 Å². The van der Waals surface area contributed by atoms with E-state index in [1.54, 1.807) is 0 Å². The van der Waals surface area contributed by atoms with Crippen molar-refractivity contribution in [2.24, 2.45) is 5.92 Å². The minimum absolute atomic E-state index is 0.0561. The number of benzene rings is 4. The van der Waals surface area contributed by atoms with Gasteiger partial charge in [0.25, 0.3) is 0 Å². The molecule has 0 amide bonds. The molecule has 1 aliphatic carbocycles. The summed E-state index contributed by atoms with van der Waals surface area (Å²) in [7, 11) is 0. The van der Waals surface area contributed by atoms with Crippen LogP contribution in [0.15, 0.2) is 84.9 Å². The van der Waals surface area contributed by atoms with Crippen molar-refractivity contribution in [2.45, 2.75) is 174 Å². The lowest BCUT2D eigenvalue weighted by Crippen LogP contribution is -2.33. The summed E-state index contributed by atoms with van der Waals surface area (Å²) in [4.78, 5) is 0. The highest BCUT2D eigenvalue weighted by Crippen LogP contribution is 2.48. The van der Waals surface area contributed by atoms with E-state index in [2.05, 4.69) is 120 Å². The van der Waals surface area contributed by atoms with E-state index in [9.17, 15) is 0 Å². The molecule has 54 heavy (non-hydrogen) atoms. The maximum Gasteiger partial charge on any atom is 0.0316 e. The molecule has 2 atom stereocenters. The second kappa shape index (κ2) is 21.0. The monoisotopic (exact) mass is 727 g/mol. The molecule has 292 valence electrons. The molecule has 0 aliphatic heterocycles. The van der Waals surface area contributed by atoms with Crippen molar-refractivity contribution in [3.8, 4) is 0 Å². The molecular formula is C52H74N2. The Kier molecular flexibility index (Phi) is 16.2. The molecule has 4 aromatic carbocycles. The van der Waals surface area contributed by atoms with Crippen LogP contribution in [-0.2, 0) is 5.41 Å². The van der Waals surface area contributed by atoms with E-state index in [0.29, 0.717) is 11.8 Å². The summed E-state index contributed by atoms with van der Waals surface area (Å²) >= 11 is 0. The number of rotatable bonds is 21. The van der Waals surface area contributed by atoms with E-state index < -0.39 is 0 Å². The van der Waals surface area contributed by atoms with E-state index in [4.69, 9.17) is 11.5 Å². The summed E-state index contributed by atoms with van der Waals surface area (Å²) in [5.74, 6) is 1.64. The van der Waals surface area contributed by atoms with E-state index in [0.717, 1.165) is 17.3 Å². The van der Waals surface area contributed by atoms with Crippen LogP contribution in [0.2, 0.25) is 0 Å². The van der Waals surface area contributed by atoms with Gasteiger partial charge in [-0.25, -0.2) is 0 Å². The van der Waals surface area contributed by atoms with Crippen molar-refractivity contribution in [1.82, 2.24) is 0 Å². The summed E-state index contributed by atoms with van der Waals surface area (Å²) in [5, 5.41) is 0. The summed E-state index contributed by atoms with van der Waals surface area (Å²) in [6.07, 6.45) is 24.6. The average molecular weight is 727 g/mol. The quantitative estimate of drug-likeness (QED) is 0.0663. The first-order valence-corrected chi connectivity index (χ1v) is 22.2. The van der Waals surface area contributed by atoms with Gasteiger partial charge in [-0.05, 0) is 127 Å². The molecule has 2 heteroatoms. The van der Waals surface area contributed by atoms with Crippen LogP contribution in [0.1, 0.15) is 199 Å². The summed E-state index contributed by atoms with van der Waals surface area (Å²) < 4.78 is 0. The van der Waals surface area contributed by atoms with E-state index in [1.807, 2.05) is 0 Å². The Morgan fingerprint density at radius 2 is 0.907 bits per heavy atom. The highest BCUT2D eigenvalue weighted by molar-refractivity contribution is 5.51. The van der Waals surface area contributed by atoms with Crippen molar-refractivity contribution in [2.75, 3.05) is 11.5 Å². The maximum absolute atomic E-state index is 6.23. The third-order valence-corrected chi connectivity index (χ3v) is 13.3. The van der Waals surface area contributed by atoms with Crippen LogP contribution in [0.3, 0.4) is 0 Å². The number of nitrogens with two attached hydrogens (primary N) is 2. The first-order valence-electron chi connectivity index (χ1n) is 22.2. The largest absolute Gasteiger partial charge is 0.399 e. The average Bonchev–Trinajstić information content (AvgIpc) is 3.18. The van der Waals surface area contributed by atoms with Crippen LogP contribution >= 0.6 is 0 Å². The first kappa shape index (κ1) is 41.6. The Morgan fingerprint density at radius 3 is 1.28 bits per heavy atom. The van der Waals surface area contributed by atoms with Crippen LogP contribution in [0.4, 0.5) is 11.4 Å². The summed E-state index contributed by atoms with van der Waals surface area (Å²) in [6, 6.07) is 33.1. The fourth-order valence-corrected chi connectivity index (χ4v) is 9.83. The third kappa shape index (κ3) is 10.8. The van der Waals surface area contributed by atoms with Gasteiger partial charge in [0.05, 0.1) is 0 Å². The third-order valence-electron chi connectivity index (χ3n) is 13.3. The smallest absolute Gasteiger partial charge is 0.0316 e. The zero-order chi connectivity index (χ0) is 38.3. The second-order valence-electron chi connectivity index (χ2n) is 17.1. The van der Waals surface area contributed by atoms with Gasteiger partial charge >= 0.3 is 0 Å². The van der Waals surface area contributed by atoms with Crippen LogP contribution in [0, 0.1) is 19.8 Å². The number of hydrogen-bond acceptors (Lipinski definition) is 2. The number of anilines is 2.